The molecule has 0 aromatic heterocycles. The van der Waals surface area contributed by atoms with Crippen molar-refractivity contribution < 1.29 is 9.90 Å². The van der Waals surface area contributed by atoms with E-state index in [1.165, 1.54) is 51.4 Å². The van der Waals surface area contributed by atoms with Crippen molar-refractivity contribution in [1.29, 1.82) is 0 Å². The van der Waals surface area contributed by atoms with Gasteiger partial charge in [-0.1, -0.05) is 62.8 Å². The summed E-state index contributed by atoms with van der Waals surface area (Å²) in [6, 6.07) is 0. The molecule has 0 spiro atoms. The molecule has 0 aromatic rings. The lowest BCUT2D eigenvalue weighted by atomic mass is 9.91. The van der Waals surface area contributed by atoms with Crippen LogP contribution in [-0.2, 0) is 4.79 Å². The molecule has 0 amide bonds. The molecule has 1 aliphatic carbocycles. The molecular weight excluding hydrogens is 296 g/mol. The number of rotatable bonds is 12. The average Bonchev–Trinajstić information content (AvgIpc) is 3.01. The monoisotopic (exact) mass is 330 g/mol. The molecule has 2 nitrogen and oxygen atoms in total. The fourth-order valence-electron chi connectivity index (χ4n) is 3.50. The number of terminal acetylenes is 1. The zero-order valence-corrected chi connectivity index (χ0v) is 15.3. The van der Waals surface area contributed by atoms with E-state index in [1.807, 2.05) is 0 Å². The van der Waals surface area contributed by atoms with Crippen molar-refractivity contribution in [2.75, 3.05) is 0 Å². The maximum Gasteiger partial charge on any atom is 0.318 e. The highest BCUT2D eigenvalue weighted by Crippen LogP contribution is 2.35. The minimum atomic E-state index is -0.883. The predicted molar refractivity (Wildman–Crippen MR) is 102 cm³/mol. The smallest absolute Gasteiger partial charge is 0.318 e. The first-order valence-corrected chi connectivity index (χ1v) is 9.69. The van der Waals surface area contributed by atoms with Gasteiger partial charge in [-0.2, -0.15) is 0 Å². The van der Waals surface area contributed by atoms with E-state index in [4.69, 9.17) is 11.5 Å². The van der Waals surface area contributed by atoms with Crippen molar-refractivity contribution in [3.63, 3.8) is 0 Å². The summed E-state index contributed by atoms with van der Waals surface area (Å²) in [5, 5.41) is 8.91. The van der Waals surface area contributed by atoms with E-state index in [0.29, 0.717) is 6.42 Å². The normalized spacial score (nSPS) is 22.2. The number of allylic oxidation sites excluding steroid dienone is 4. The Morgan fingerprint density at radius 1 is 1.21 bits per heavy atom. The minimum absolute atomic E-state index is 0.536. The molecule has 1 rings (SSSR count). The Labute approximate surface area is 148 Å². The van der Waals surface area contributed by atoms with Crippen LogP contribution in [0.5, 0.6) is 0 Å². The van der Waals surface area contributed by atoms with Crippen LogP contribution in [0, 0.1) is 30.1 Å². The Morgan fingerprint density at radius 3 is 2.75 bits per heavy atom. The Bertz CT molecular complexity index is 441. The SMILES string of the molecule is C#CC(CCC=CC[C@H]1CCC[C@@H]1C=CCCCCCC)C(=O)O. The second-order valence-electron chi connectivity index (χ2n) is 6.97. The van der Waals surface area contributed by atoms with Crippen molar-refractivity contribution in [3.8, 4) is 12.3 Å². The molecule has 0 heterocycles. The Morgan fingerprint density at radius 2 is 2.04 bits per heavy atom. The van der Waals surface area contributed by atoms with Gasteiger partial charge in [-0.05, 0) is 56.8 Å². The Balaban J connectivity index is 2.23. The van der Waals surface area contributed by atoms with Gasteiger partial charge >= 0.3 is 5.97 Å². The topological polar surface area (TPSA) is 37.3 Å². The van der Waals surface area contributed by atoms with E-state index in [0.717, 1.165) is 24.7 Å². The van der Waals surface area contributed by atoms with Crippen LogP contribution in [0.1, 0.15) is 77.6 Å². The zero-order chi connectivity index (χ0) is 17.6. The van der Waals surface area contributed by atoms with Gasteiger partial charge in [0.25, 0.3) is 0 Å². The third-order valence-corrected chi connectivity index (χ3v) is 5.05. The molecule has 1 unspecified atom stereocenters. The van der Waals surface area contributed by atoms with Crippen LogP contribution in [0.2, 0.25) is 0 Å². The summed E-state index contributed by atoms with van der Waals surface area (Å²) < 4.78 is 0. The summed E-state index contributed by atoms with van der Waals surface area (Å²) in [6.07, 6.45) is 27.3. The summed E-state index contributed by atoms with van der Waals surface area (Å²) in [5.74, 6) is 2.30. The molecule has 1 N–H and O–H groups in total. The van der Waals surface area contributed by atoms with Gasteiger partial charge < -0.3 is 5.11 Å². The first kappa shape index (κ1) is 20.6. The highest BCUT2D eigenvalue weighted by Gasteiger charge is 2.23. The zero-order valence-electron chi connectivity index (χ0n) is 15.3. The Kier molecular flexibility index (Phi) is 11.0. The lowest BCUT2D eigenvalue weighted by Crippen LogP contribution is -2.10. The summed E-state index contributed by atoms with van der Waals surface area (Å²) in [5.41, 5.74) is 0. The highest BCUT2D eigenvalue weighted by atomic mass is 16.4. The van der Waals surface area contributed by atoms with E-state index < -0.39 is 11.9 Å². The summed E-state index contributed by atoms with van der Waals surface area (Å²) >= 11 is 0. The van der Waals surface area contributed by atoms with Crippen LogP contribution < -0.4 is 0 Å². The first-order chi connectivity index (χ1) is 11.7. The van der Waals surface area contributed by atoms with E-state index in [-0.39, 0.29) is 0 Å². The molecule has 134 valence electrons. The number of hydrogen-bond donors (Lipinski definition) is 1. The molecular formula is C22H34O2. The number of carboxylic acid groups (broad SMARTS) is 1. The lowest BCUT2D eigenvalue weighted by molar-refractivity contribution is -0.139. The summed E-state index contributed by atoms with van der Waals surface area (Å²) in [6.45, 7) is 2.25. The molecule has 0 radical (unpaired) electrons. The van der Waals surface area contributed by atoms with E-state index >= 15 is 0 Å². The summed E-state index contributed by atoms with van der Waals surface area (Å²) in [4.78, 5) is 10.9. The molecule has 3 atom stereocenters. The van der Waals surface area contributed by atoms with Crippen molar-refractivity contribution in [2.24, 2.45) is 17.8 Å². The molecule has 0 saturated heterocycles. The molecule has 0 aromatic carbocycles. The highest BCUT2D eigenvalue weighted by molar-refractivity contribution is 5.73. The van der Waals surface area contributed by atoms with Gasteiger partial charge in [0.2, 0.25) is 0 Å². The molecule has 1 saturated carbocycles. The van der Waals surface area contributed by atoms with Crippen LogP contribution in [-0.4, -0.2) is 11.1 Å². The molecule has 0 bridgehead atoms. The number of carboxylic acids is 1. The van der Waals surface area contributed by atoms with Crippen LogP contribution in [0.15, 0.2) is 24.3 Å². The molecule has 2 heteroatoms. The van der Waals surface area contributed by atoms with Gasteiger partial charge in [-0.25, -0.2) is 0 Å². The Hall–Kier alpha value is -1.49. The summed E-state index contributed by atoms with van der Waals surface area (Å²) in [7, 11) is 0. The van der Waals surface area contributed by atoms with Crippen molar-refractivity contribution in [1.82, 2.24) is 0 Å². The largest absolute Gasteiger partial charge is 0.480 e. The second kappa shape index (κ2) is 12.9. The van der Waals surface area contributed by atoms with Crippen LogP contribution in [0.4, 0.5) is 0 Å². The van der Waals surface area contributed by atoms with Gasteiger partial charge in [0, 0.05) is 0 Å². The molecule has 24 heavy (non-hydrogen) atoms. The number of hydrogen-bond acceptors (Lipinski definition) is 1. The van der Waals surface area contributed by atoms with Crippen LogP contribution in [0.25, 0.3) is 0 Å². The van der Waals surface area contributed by atoms with Crippen LogP contribution >= 0.6 is 0 Å². The average molecular weight is 331 g/mol. The third kappa shape index (κ3) is 8.39. The fourth-order valence-corrected chi connectivity index (χ4v) is 3.50. The third-order valence-electron chi connectivity index (χ3n) is 5.05. The predicted octanol–water partition coefficient (Wildman–Crippen LogP) is 5.99. The van der Waals surface area contributed by atoms with Gasteiger partial charge in [-0.15, -0.1) is 6.42 Å². The van der Waals surface area contributed by atoms with Gasteiger partial charge in [0.1, 0.15) is 5.92 Å². The van der Waals surface area contributed by atoms with Crippen molar-refractivity contribution in [3.05, 3.63) is 24.3 Å². The number of carbonyl (C=O) groups is 1. The molecule has 0 aliphatic heterocycles. The number of aliphatic carboxylic acids is 1. The van der Waals surface area contributed by atoms with Gasteiger partial charge in [0.05, 0.1) is 0 Å². The van der Waals surface area contributed by atoms with E-state index in [2.05, 4.69) is 37.1 Å². The second-order valence-corrected chi connectivity index (χ2v) is 6.97. The van der Waals surface area contributed by atoms with E-state index in [1.54, 1.807) is 0 Å². The molecule has 1 aliphatic rings. The lowest BCUT2D eigenvalue weighted by Gasteiger charge is -2.14. The van der Waals surface area contributed by atoms with Crippen LogP contribution in [0.3, 0.4) is 0 Å². The first-order valence-electron chi connectivity index (χ1n) is 9.69. The number of unbranched alkanes of at least 4 members (excludes halogenated alkanes) is 4. The maximum absolute atomic E-state index is 10.9. The van der Waals surface area contributed by atoms with Gasteiger partial charge in [0.15, 0.2) is 0 Å². The molecule has 1 fully saturated rings. The fraction of sp³-hybridized carbons (Fsp3) is 0.682. The van der Waals surface area contributed by atoms with Gasteiger partial charge in [-0.3, -0.25) is 4.79 Å². The maximum atomic E-state index is 10.9. The van der Waals surface area contributed by atoms with E-state index in [9.17, 15) is 4.79 Å². The quantitative estimate of drug-likeness (QED) is 0.271. The minimum Gasteiger partial charge on any atom is -0.480 e. The van der Waals surface area contributed by atoms with Crippen molar-refractivity contribution >= 4 is 5.97 Å². The standard InChI is InChI=1S/C22H34O2/c1-3-5-6-7-8-10-15-20-17-13-18-21(20)16-12-9-11-14-19(4-2)22(23)24/h2,9-10,12,15,19-21H,3,5-8,11,13-14,16-18H2,1H3,(H,23,24)/t19?,20-,21-/m0/s1. The van der Waals surface area contributed by atoms with Crippen molar-refractivity contribution in [2.45, 2.75) is 77.6 Å².